The molecule has 1 aliphatic rings. The highest BCUT2D eigenvalue weighted by molar-refractivity contribution is 5.69. The number of ether oxygens (including phenoxy) is 3. The van der Waals surface area contributed by atoms with Gasteiger partial charge in [0.2, 0.25) is 6.79 Å². The highest BCUT2D eigenvalue weighted by Gasteiger charge is 2.14. The zero-order valence-corrected chi connectivity index (χ0v) is 11.3. The lowest BCUT2D eigenvalue weighted by Gasteiger charge is -2.16. The molecule has 0 fully saturated rings. The molecule has 1 heterocycles. The number of fused-ring (bicyclic) bond motifs is 1. The van der Waals surface area contributed by atoms with Gasteiger partial charge in [-0.25, -0.2) is 0 Å². The second kappa shape index (κ2) is 6.43. The molecule has 5 heteroatoms. The molecule has 0 aliphatic carbocycles. The van der Waals surface area contributed by atoms with Gasteiger partial charge in [0, 0.05) is 13.1 Å². The van der Waals surface area contributed by atoms with Crippen LogP contribution < -0.4 is 9.47 Å². The van der Waals surface area contributed by atoms with E-state index < -0.39 is 0 Å². The molecular weight excluding hydrogens is 246 g/mol. The maximum atomic E-state index is 11.3. The van der Waals surface area contributed by atoms with Gasteiger partial charge in [0.25, 0.3) is 0 Å². The van der Waals surface area contributed by atoms with E-state index in [9.17, 15) is 4.79 Å². The Morgan fingerprint density at radius 2 is 2.16 bits per heavy atom. The highest BCUT2D eigenvalue weighted by Crippen LogP contribution is 2.32. The van der Waals surface area contributed by atoms with Gasteiger partial charge in [0.1, 0.15) is 0 Å². The van der Waals surface area contributed by atoms with Gasteiger partial charge in [0.15, 0.2) is 11.5 Å². The number of carbonyl (C=O) groups excluding carboxylic acids is 1. The zero-order chi connectivity index (χ0) is 13.7. The lowest BCUT2D eigenvalue weighted by molar-refractivity contribution is -0.143. The van der Waals surface area contributed by atoms with Gasteiger partial charge in [-0.2, -0.15) is 0 Å². The summed E-state index contributed by atoms with van der Waals surface area (Å²) in [4.78, 5) is 13.3. The summed E-state index contributed by atoms with van der Waals surface area (Å²) in [6.45, 7) is 3.97. The Balaban J connectivity index is 1.82. The number of esters is 1. The minimum Gasteiger partial charge on any atom is -0.466 e. The molecular formula is C14H19NO4. The standard InChI is InChI=1S/C14H19NO4/c1-3-17-14(16)6-7-15(2)9-11-4-5-12-13(8-11)19-10-18-12/h4-5,8H,3,6-7,9-10H2,1-2H3. The molecule has 0 radical (unpaired) electrons. The molecule has 0 amide bonds. The molecule has 0 saturated heterocycles. The van der Waals surface area contributed by atoms with Crippen LogP contribution in [0.1, 0.15) is 18.9 Å². The lowest BCUT2D eigenvalue weighted by Crippen LogP contribution is -2.22. The molecule has 104 valence electrons. The van der Waals surface area contributed by atoms with Gasteiger partial charge in [-0.1, -0.05) is 6.07 Å². The Hall–Kier alpha value is -1.75. The minimum absolute atomic E-state index is 0.153. The van der Waals surface area contributed by atoms with Crippen molar-refractivity contribution in [1.82, 2.24) is 4.90 Å². The number of benzene rings is 1. The molecule has 1 aromatic rings. The first kappa shape index (κ1) is 13.7. The molecule has 1 aromatic carbocycles. The fourth-order valence-corrected chi connectivity index (χ4v) is 1.95. The van der Waals surface area contributed by atoms with Crippen LogP contribution in [0.5, 0.6) is 11.5 Å². The van der Waals surface area contributed by atoms with E-state index in [4.69, 9.17) is 14.2 Å². The van der Waals surface area contributed by atoms with Crippen molar-refractivity contribution >= 4 is 5.97 Å². The summed E-state index contributed by atoms with van der Waals surface area (Å²) in [5, 5.41) is 0. The predicted octanol–water partition coefficient (Wildman–Crippen LogP) is 1.80. The van der Waals surface area contributed by atoms with E-state index in [2.05, 4.69) is 4.90 Å². The molecule has 0 atom stereocenters. The van der Waals surface area contributed by atoms with Crippen molar-refractivity contribution in [3.8, 4) is 11.5 Å². The fourth-order valence-electron chi connectivity index (χ4n) is 1.95. The van der Waals surface area contributed by atoms with Gasteiger partial charge in [-0.15, -0.1) is 0 Å². The smallest absolute Gasteiger partial charge is 0.307 e. The van der Waals surface area contributed by atoms with E-state index >= 15 is 0 Å². The number of carbonyl (C=O) groups is 1. The van der Waals surface area contributed by atoms with E-state index in [1.54, 1.807) is 0 Å². The Morgan fingerprint density at radius 3 is 2.95 bits per heavy atom. The number of hydrogen-bond acceptors (Lipinski definition) is 5. The van der Waals surface area contributed by atoms with Crippen LogP contribution in [0.2, 0.25) is 0 Å². The Labute approximate surface area is 113 Å². The van der Waals surface area contributed by atoms with Crippen molar-refractivity contribution in [3.05, 3.63) is 23.8 Å². The monoisotopic (exact) mass is 265 g/mol. The molecule has 0 spiro atoms. The molecule has 19 heavy (non-hydrogen) atoms. The van der Waals surface area contributed by atoms with Gasteiger partial charge in [-0.05, 0) is 31.7 Å². The van der Waals surface area contributed by atoms with Crippen LogP contribution in [-0.2, 0) is 16.1 Å². The third-order valence-corrected chi connectivity index (χ3v) is 2.89. The number of nitrogens with zero attached hydrogens (tertiary/aromatic N) is 1. The third-order valence-electron chi connectivity index (χ3n) is 2.89. The van der Waals surface area contributed by atoms with E-state index in [0.717, 1.165) is 23.6 Å². The van der Waals surface area contributed by atoms with Crippen molar-refractivity contribution in [2.24, 2.45) is 0 Å². The van der Waals surface area contributed by atoms with Crippen LogP contribution in [0.4, 0.5) is 0 Å². The summed E-state index contributed by atoms with van der Waals surface area (Å²) in [6.07, 6.45) is 0.412. The molecule has 0 N–H and O–H groups in total. The first-order valence-corrected chi connectivity index (χ1v) is 6.41. The van der Waals surface area contributed by atoms with Crippen LogP contribution >= 0.6 is 0 Å². The van der Waals surface area contributed by atoms with Crippen molar-refractivity contribution < 1.29 is 19.0 Å². The molecule has 0 aromatic heterocycles. The average Bonchev–Trinajstić information content (AvgIpc) is 2.84. The first-order chi connectivity index (χ1) is 9.19. The van der Waals surface area contributed by atoms with E-state index in [1.165, 1.54) is 0 Å². The Bertz CT molecular complexity index is 447. The normalized spacial score (nSPS) is 12.8. The second-order valence-electron chi connectivity index (χ2n) is 4.48. The van der Waals surface area contributed by atoms with Crippen LogP contribution in [0, 0.1) is 0 Å². The van der Waals surface area contributed by atoms with E-state index in [-0.39, 0.29) is 12.8 Å². The minimum atomic E-state index is -0.153. The topological polar surface area (TPSA) is 48.0 Å². The summed E-state index contributed by atoms with van der Waals surface area (Å²) >= 11 is 0. The Morgan fingerprint density at radius 1 is 1.37 bits per heavy atom. The number of rotatable bonds is 6. The fraction of sp³-hybridized carbons (Fsp3) is 0.500. The zero-order valence-electron chi connectivity index (χ0n) is 11.3. The van der Waals surface area contributed by atoms with Gasteiger partial charge in [0.05, 0.1) is 13.0 Å². The molecule has 2 rings (SSSR count). The summed E-state index contributed by atoms with van der Waals surface area (Å²) < 4.78 is 15.5. The molecule has 0 saturated carbocycles. The van der Waals surface area contributed by atoms with E-state index in [0.29, 0.717) is 19.6 Å². The van der Waals surface area contributed by atoms with Crippen molar-refractivity contribution in [3.63, 3.8) is 0 Å². The van der Waals surface area contributed by atoms with Crippen molar-refractivity contribution in [2.75, 3.05) is 27.0 Å². The van der Waals surface area contributed by atoms with Crippen molar-refractivity contribution in [2.45, 2.75) is 19.9 Å². The van der Waals surface area contributed by atoms with Gasteiger partial charge >= 0.3 is 5.97 Å². The summed E-state index contributed by atoms with van der Waals surface area (Å²) in [5.74, 6) is 1.43. The maximum absolute atomic E-state index is 11.3. The summed E-state index contributed by atoms with van der Waals surface area (Å²) in [5.41, 5.74) is 1.13. The highest BCUT2D eigenvalue weighted by atomic mass is 16.7. The second-order valence-corrected chi connectivity index (χ2v) is 4.48. The number of hydrogen-bond donors (Lipinski definition) is 0. The SMILES string of the molecule is CCOC(=O)CCN(C)Cc1ccc2c(c1)OCO2. The summed E-state index contributed by atoms with van der Waals surface area (Å²) in [7, 11) is 1.98. The molecule has 0 unspecified atom stereocenters. The van der Waals surface area contributed by atoms with Crippen LogP contribution in [0.15, 0.2) is 18.2 Å². The predicted molar refractivity (Wildman–Crippen MR) is 70.1 cm³/mol. The third kappa shape index (κ3) is 3.86. The quantitative estimate of drug-likeness (QED) is 0.734. The maximum Gasteiger partial charge on any atom is 0.307 e. The summed E-state index contributed by atoms with van der Waals surface area (Å²) in [6, 6.07) is 5.90. The van der Waals surface area contributed by atoms with Gasteiger partial charge < -0.3 is 19.1 Å². The van der Waals surface area contributed by atoms with Crippen LogP contribution in [0.3, 0.4) is 0 Å². The molecule has 1 aliphatic heterocycles. The van der Waals surface area contributed by atoms with Crippen LogP contribution in [0.25, 0.3) is 0 Å². The van der Waals surface area contributed by atoms with Crippen LogP contribution in [-0.4, -0.2) is 37.9 Å². The first-order valence-electron chi connectivity index (χ1n) is 6.41. The van der Waals surface area contributed by atoms with Crippen molar-refractivity contribution in [1.29, 1.82) is 0 Å². The average molecular weight is 265 g/mol. The molecule has 5 nitrogen and oxygen atoms in total. The molecule has 0 bridgehead atoms. The largest absolute Gasteiger partial charge is 0.466 e. The lowest BCUT2D eigenvalue weighted by atomic mass is 10.2. The Kier molecular flexibility index (Phi) is 4.63. The van der Waals surface area contributed by atoms with Gasteiger partial charge in [-0.3, -0.25) is 4.79 Å². The van der Waals surface area contributed by atoms with E-state index in [1.807, 2.05) is 32.2 Å².